The minimum absolute atomic E-state index is 0.137. The number of nitrogens with zero attached hydrogens (tertiary/aromatic N) is 2. The van der Waals surface area contributed by atoms with E-state index in [1.54, 1.807) is 14.2 Å². The molecule has 0 aromatic heterocycles. The van der Waals surface area contributed by atoms with Gasteiger partial charge in [0.1, 0.15) is 11.6 Å². The summed E-state index contributed by atoms with van der Waals surface area (Å²) in [5, 5.41) is 0. The molecule has 2 spiro atoms. The predicted octanol–water partition coefficient (Wildman–Crippen LogP) is 3.75. The van der Waals surface area contributed by atoms with Crippen molar-refractivity contribution in [3.8, 4) is 11.1 Å². The molecule has 2 aliphatic carbocycles. The average molecular weight is 425 g/mol. The third-order valence-electron chi connectivity index (χ3n) is 7.46. The van der Waals surface area contributed by atoms with E-state index in [-0.39, 0.29) is 23.4 Å². The average Bonchev–Trinajstić information content (AvgIpc) is 3.14. The number of carbonyl (C=O) groups is 1. The van der Waals surface area contributed by atoms with Crippen LogP contribution in [0.4, 0.5) is 8.78 Å². The second kappa shape index (κ2) is 6.85. The molecule has 0 saturated heterocycles. The van der Waals surface area contributed by atoms with Gasteiger partial charge in [-0.3, -0.25) is 9.69 Å². The molecule has 1 atom stereocenters. The quantitative estimate of drug-likeness (QED) is 0.797. The Hall–Kier alpha value is -2.80. The lowest BCUT2D eigenvalue weighted by Crippen LogP contribution is -2.51. The fourth-order valence-electron chi connectivity index (χ4n) is 5.83. The Balaban J connectivity index is 1.68. The lowest BCUT2D eigenvalue weighted by molar-refractivity contribution is -0.137. The first-order valence-electron chi connectivity index (χ1n) is 10.6. The summed E-state index contributed by atoms with van der Waals surface area (Å²) in [5.74, 6) is -1.22. The molecule has 5 rings (SSSR count). The van der Waals surface area contributed by atoms with E-state index in [1.165, 1.54) is 17.0 Å². The van der Waals surface area contributed by atoms with Crippen LogP contribution in [0, 0.1) is 17.0 Å². The van der Waals surface area contributed by atoms with Crippen molar-refractivity contribution in [3.05, 3.63) is 59.2 Å². The van der Waals surface area contributed by atoms with Crippen molar-refractivity contribution >= 4 is 11.9 Å². The first-order valence-corrected chi connectivity index (χ1v) is 10.6. The largest absolute Gasteiger partial charge is 0.381 e. The molecule has 2 aromatic carbocycles. The van der Waals surface area contributed by atoms with Gasteiger partial charge in [0.15, 0.2) is 11.5 Å². The highest BCUT2D eigenvalue weighted by molar-refractivity contribution is 6.08. The molecule has 162 valence electrons. The molecule has 2 aromatic rings. The number of nitrogens with two attached hydrogens (primary N) is 1. The monoisotopic (exact) mass is 425 g/mol. The van der Waals surface area contributed by atoms with Crippen molar-refractivity contribution in [1.82, 2.24) is 4.90 Å². The Labute approximate surface area is 179 Å². The van der Waals surface area contributed by atoms with Crippen LogP contribution in [0.1, 0.15) is 36.8 Å². The molecule has 1 aliphatic heterocycles. The summed E-state index contributed by atoms with van der Waals surface area (Å²) in [6.45, 7) is 0. The van der Waals surface area contributed by atoms with Crippen molar-refractivity contribution in [3.63, 3.8) is 0 Å². The van der Waals surface area contributed by atoms with Gasteiger partial charge in [0.25, 0.3) is 5.91 Å². The SMILES string of the molecule is COC1CCC2(CC1)Cc1ccc(-c3cc(F)cc(F)c3)cc1C21N=C(N)N(C)C1=O. The molecule has 2 N–H and O–H groups in total. The van der Waals surface area contributed by atoms with Crippen molar-refractivity contribution < 1.29 is 18.3 Å². The van der Waals surface area contributed by atoms with Gasteiger partial charge in [0.05, 0.1) is 6.10 Å². The van der Waals surface area contributed by atoms with E-state index < -0.39 is 17.2 Å². The van der Waals surface area contributed by atoms with E-state index >= 15 is 0 Å². The number of rotatable bonds is 2. The second-order valence-electron chi connectivity index (χ2n) is 8.97. The number of hydrogen-bond donors (Lipinski definition) is 1. The van der Waals surface area contributed by atoms with Gasteiger partial charge in [-0.1, -0.05) is 12.1 Å². The van der Waals surface area contributed by atoms with Gasteiger partial charge in [-0.05, 0) is 72.6 Å². The summed E-state index contributed by atoms with van der Waals surface area (Å²) in [5.41, 5.74) is 7.56. The zero-order chi connectivity index (χ0) is 22.0. The Morgan fingerprint density at radius 1 is 1.10 bits per heavy atom. The van der Waals surface area contributed by atoms with Crippen molar-refractivity contribution in [2.24, 2.45) is 16.1 Å². The molecule has 3 aliphatic rings. The molecule has 1 unspecified atom stereocenters. The van der Waals surface area contributed by atoms with Crippen LogP contribution in [0.15, 0.2) is 41.4 Å². The lowest BCUT2D eigenvalue weighted by Gasteiger charge is -2.45. The summed E-state index contributed by atoms with van der Waals surface area (Å²) < 4.78 is 33.3. The maximum atomic E-state index is 13.9. The standard InChI is InChI=1S/C24H25F2N3O2/c1-29-21(30)24(28-22(29)27)20-11-14(16-9-17(25)12-18(26)10-16)3-4-15(20)13-23(24)7-5-19(31-2)6-8-23/h3-4,9-12,19H,5-8,13H2,1-2H3,(H2,27,28). The number of fused-ring (bicyclic) bond motifs is 3. The summed E-state index contributed by atoms with van der Waals surface area (Å²) >= 11 is 0. The van der Waals surface area contributed by atoms with Gasteiger partial charge < -0.3 is 10.5 Å². The number of ether oxygens (including phenoxy) is 1. The normalized spacial score (nSPS) is 29.7. The number of amides is 1. The Bertz CT molecular complexity index is 1090. The van der Waals surface area contributed by atoms with Crippen LogP contribution in [0.5, 0.6) is 0 Å². The molecule has 5 nitrogen and oxygen atoms in total. The molecule has 1 heterocycles. The van der Waals surface area contributed by atoms with Crippen LogP contribution >= 0.6 is 0 Å². The number of guanidine groups is 1. The van der Waals surface area contributed by atoms with Gasteiger partial charge >= 0.3 is 0 Å². The lowest BCUT2D eigenvalue weighted by atomic mass is 9.61. The smallest absolute Gasteiger partial charge is 0.262 e. The number of benzene rings is 2. The minimum atomic E-state index is -1.11. The number of carbonyl (C=O) groups excluding carboxylic acids is 1. The first-order chi connectivity index (χ1) is 14.8. The van der Waals surface area contributed by atoms with Gasteiger partial charge in [-0.2, -0.15) is 0 Å². The number of likely N-dealkylation sites (N-methyl/N-ethyl adjacent to an activating group) is 1. The molecule has 31 heavy (non-hydrogen) atoms. The van der Waals surface area contributed by atoms with Crippen LogP contribution in [0.3, 0.4) is 0 Å². The van der Waals surface area contributed by atoms with E-state index in [4.69, 9.17) is 15.5 Å². The molecular formula is C24H25F2N3O2. The van der Waals surface area contributed by atoms with Crippen molar-refractivity contribution in [2.45, 2.75) is 43.7 Å². The maximum Gasteiger partial charge on any atom is 0.262 e. The summed E-state index contributed by atoms with van der Waals surface area (Å²) in [7, 11) is 3.37. The third-order valence-corrected chi connectivity index (χ3v) is 7.46. The van der Waals surface area contributed by atoms with E-state index in [9.17, 15) is 13.6 Å². The van der Waals surface area contributed by atoms with E-state index in [2.05, 4.69) is 0 Å². The second-order valence-corrected chi connectivity index (χ2v) is 8.97. The molecule has 1 amide bonds. The summed E-state index contributed by atoms with van der Waals surface area (Å²) in [4.78, 5) is 19.9. The predicted molar refractivity (Wildman–Crippen MR) is 113 cm³/mol. The Morgan fingerprint density at radius 3 is 2.35 bits per heavy atom. The Kier molecular flexibility index (Phi) is 4.45. The topological polar surface area (TPSA) is 67.9 Å². The minimum Gasteiger partial charge on any atom is -0.381 e. The highest BCUT2D eigenvalue weighted by Gasteiger charge is 2.66. The van der Waals surface area contributed by atoms with Crippen LogP contribution in [-0.4, -0.2) is 37.0 Å². The van der Waals surface area contributed by atoms with E-state index in [0.717, 1.165) is 42.9 Å². The molecule has 0 radical (unpaired) electrons. The molecule has 1 saturated carbocycles. The van der Waals surface area contributed by atoms with Crippen LogP contribution in [0.2, 0.25) is 0 Å². The summed E-state index contributed by atoms with van der Waals surface area (Å²) in [6, 6.07) is 9.13. The number of aliphatic imine (C=N–C) groups is 1. The van der Waals surface area contributed by atoms with Gasteiger partial charge in [0.2, 0.25) is 0 Å². The molecule has 7 heteroatoms. The molecule has 1 fully saturated rings. The summed E-state index contributed by atoms with van der Waals surface area (Å²) in [6.07, 6.45) is 4.17. The highest BCUT2D eigenvalue weighted by atomic mass is 19.1. The van der Waals surface area contributed by atoms with Crippen molar-refractivity contribution in [2.75, 3.05) is 14.2 Å². The van der Waals surface area contributed by atoms with E-state index in [0.29, 0.717) is 17.5 Å². The van der Waals surface area contributed by atoms with Gasteiger partial charge in [-0.25, -0.2) is 13.8 Å². The maximum absolute atomic E-state index is 13.9. The molecular weight excluding hydrogens is 400 g/mol. The number of methoxy groups -OCH3 is 1. The fourth-order valence-corrected chi connectivity index (χ4v) is 5.83. The third kappa shape index (κ3) is 2.75. The molecule has 0 bridgehead atoms. The van der Waals surface area contributed by atoms with Crippen molar-refractivity contribution in [1.29, 1.82) is 0 Å². The fraction of sp³-hybridized carbons (Fsp3) is 0.417. The van der Waals surface area contributed by atoms with Crippen LogP contribution in [-0.2, 0) is 21.5 Å². The van der Waals surface area contributed by atoms with Crippen LogP contribution in [0.25, 0.3) is 11.1 Å². The van der Waals surface area contributed by atoms with Crippen LogP contribution < -0.4 is 5.73 Å². The van der Waals surface area contributed by atoms with Gasteiger partial charge in [-0.15, -0.1) is 0 Å². The first kappa shape index (κ1) is 20.1. The zero-order valence-corrected chi connectivity index (χ0v) is 17.6. The van der Waals surface area contributed by atoms with Gasteiger partial charge in [0, 0.05) is 25.6 Å². The number of hydrogen-bond acceptors (Lipinski definition) is 4. The number of halogens is 2. The Morgan fingerprint density at radius 2 is 1.77 bits per heavy atom. The van der Waals surface area contributed by atoms with E-state index in [1.807, 2.05) is 18.2 Å². The zero-order valence-electron chi connectivity index (χ0n) is 17.6. The highest BCUT2D eigenvalue weighted by Crippen LogP contribution is 2.62.